The second-order valence-corrected chi connectivity index (χ2v) is 5.96. The SMILES string of the molecule is CCOc1ccccc1CCC(=O)NCC(C)(O)c1ccccc1. The molecule has 0 heterocycles. The molecule has 0 radical (unpaired) electrons. The molecule has 4 nitrogen and oxygen atoms in total. The molecule has 0 saturated heterocycles. The van der Waals surface area contributed by atoms with Gasteiger partial charge in [0.15, 0.2) is 0 Å². The van der Waals surface area contributed by atoms with Gasteiger partial charge in [-0.25, -0.2) is 0 Å². The highest BCUT2D eigenvalue weighted by molar-refractivity contribution is 5.76. The Balaban J connectivity index is 1.86. The normalized spacial score (nSPS) is 13.1. The second-order valence-electron chi connectivity index (χ2n) is 5.96. The molecule has 2 N–H and O–H groups in total. The number of aliphatic hydroxyl groups is 1. The lowest BCUT2D eigenvalue weighted by molar-refractivity contribution is -0.122. The van der Waals surface area contributed by atoms with E-state index in [9.17, 15) is 9.90 Å². The number of amides is 1. The van der Waals surface area contributed by atoms with E-state index in [1.54, 1.807) is 6.92 Å². The van der Waals surface area contributed by atoms with Crippen LogP contribution in [0.15, 0.2) is 54.6 Å². The smallest absolute Gasteiger partial charge is 0.220 e. The summed E-state index contributed by atoms with van der Waals surface area (Å²) >= 11 is 0. The summed E-state index contributed by atoms with van der Waals surface area (Å²) in [6, 6.07) is 17.1. The fourth-order valence-electron chi connectivity index (χ4n) is 2.51. The van der Waals surface area contributed by atoms with E-state index >= 15 is 0 Å². The molecule has 24 heavy (non-hydrogen) atoms. The molecule has 0 aromatic heterocycles. The van der Waals surface area contributed by atoms with Gasteiger partial charge in [0.05, 0.1) is 13.2 Å². The molecule has 1 amide bonds. The van der Waals surface area contributed by atoms with Crippen molar-refractivity contribution in [3.63, 3.8) is 0 Å². The highest BCUT2D eigenvalue weighted by Gasteiger charge is 2.23. The van der Waals surface area contributed by atoms with Gasteiger partial charge in [-0.2, -0.15) is 0 Å². The Morgan fingerprint density at radius 1 is 1.12 bits per heavy atom. The summed E-state index contributed by atoms with van der Waals surface area (Å²) in [7, 11) is 0. The number of carbonyl (C=O) groups excluding carboxylic acids is 1. The number of hydrogen-bond acceptors (Lipinski definition) is 3. The number of benzene rings is 2. The molecule has 128 valence electrons. The van der Waals surface area contributed by atoms with Gasteiger partial charge in [0.2, 0.25) is 5.91 Å². The van der Waals surface area contributed by atoms with Crippen LogP contribution in [0.3, 0.4) is 0 Å². The summed E-state index contributed by atoms with van der Waals surface area (Å²) in [5.41, 5.74) is 0.719. The molecule has 0 aliphatic carbocycles. The zero-order valence-corrected chi connectivity index (χ0v) is 14.3. The van der Waals surface area contributed by atoms with Crippen LogP contribution in [0.4, 0.5) is 0 Å². The molecule has 4 heteroatoms. The molecule has 0 aliphatic rings. The van der Waals surface area contributed by atoms with Gasteiger partial charge in [-0.15, -0.1) is 0 Å². The van der Waals surface area contributed by atoms with E-state index < -0.39 is 5.60 Å². The van der Waals surface area contributed by atoms with E-state index in [1.165, 1.54) is 0 Å². The Labute approximate surface area is 143 Å². The van der Waals surface area contributed by atoms with E-state index in [0.717, 1.165) is 16.9 Å². The molecule has 0 fully saturated rings. The standard InChI is InChI=1S/C20H25NO3/c1-3-24-18-12-8-7-9-16(18)13-14-19(22)21-15-20(2,23)17-10-5-4-6-11-17/h4-12,23H,3,13-15H2,1-2H3,(H,21,22). The van der Waals surface area contributed by atoms with Crippen LogP contribution >= 0.6 is 0 Å². The van der Waals surface area contributed by atoms with Crippen LogP contribution in [-0.2, 0) is 16.8 Å². The minimum absolute atomic E-state index is 0.0856. The zero-order chi connectivity index (χ0) is 17.4. The van der Waals surface area contributed by atoms with Gasteiger partial charge in [-0.05, 0) is 37.5 Å². The minimum Gasteiger partial charge on any atom is -0.494 e. The third-order valence-corrected chi connectivity index (χ3v) is 3.92. The van der Waals surface area contributed by atoms with Crippen molar-refractivity contribution in [1.29, 1.82) is 0 Å². The average Bonchev–Trinajstić information content (AvgIpc) is 2.60. The van der Waals surface area contributed by atoms with Crippen LogP contribution in [0.25, 0.3) is 0 Å². The van der Waals surface area contributed by atoms with Crippen LogP contribution < -0.4 is 10.1 Å². The predicted molar refractivity (Wildman–Crippen MR) is 95.0 cm³/mol. The summed E-state index contributed by atoms with van der Waals surface area (Å²) in [6.07, 6.45) is 0.963. The molecule has 1 atom stereocenters. The van der Waals surface area contributed by atoms with E-state index in [0.29, 0.717) is 19.4 Å². The van der Waals surface area contributed by atoms with E-state index in [-0.39, 0.29) is 12.5 Å². The van der Waals surface area contributed by atoms with Crippen LogP contribution in [0.2, 0.25) is 0 Å². The quantitative estimate of drug-likeness (QED) is 0.783. The topological polar surface area (TPSA) is 58.6 Å². The monoisotopic (exact) mass is 327 g/mol. The molecule has 0 spiro atoms. The molecule has 2 aromatic rings. The lowest BCUT2D eigenvalue weighted by atomic mass is 9.96. The molecule has 0 saturated carbocycles. The summed E-state index contributed by atoms with van der Waals surface area (Å²) in [4.78, 5) is 12.1. The molecule has 1 unspecified atom stereocenters. The van der Waals surface area contributed by atoms with Crippen molar-refractivity contribution in [1.82, 2.24) is 5.32 Å². The average molecular weight is 327 g/mol. The molecule has 0 aliphatic heterocycles. The number of nitrogens with one attached hydrogen (secondary N) is 1. The lowest BCUT2D eigenvalue weighted by Gasteiger charge is -2.24. The van der Waals surface area contributed by atoms with Crippen LogP contribution in [0.5, 0.6) is 5.75 Å². The predicted octanol–water partition coefficient (Wildman–Crippen LogP) is 3.04. The fourth-order valence-corrected chi connectivity index (χ4v) is 2.51. The zero-order valence-electron chi connectivity index (χ0n) is 14.3. The third kappa shape index (κ3) is 5.10. The Hall–Kier alpha value is -2.33. The summed E-state index contributed by atoms with van der Waals surface area (Å²) in [5, 5.41) is 13.3. The van der Waals surface area contributed by atoms with E-state index in [4.69, 9.17) is 4.74 Å². The van der Waals surface area contributed by atoms with Gasteiger partial charge in [0.25, 0.3) is 0 Å². The second kappa shape index (κ2) is 8.50. The molecular formula is C20H25NO3. The van der Waals surface area contributed by atoms with Crippen molar-refractivity contribution < 1.29 is 14.6 Å². The summed E-state index contributed by atoms with van der Waals surface area (Å²) in [6.45, 7) is 4.42. The number of rotatable bonds is 8. The van der Waals surface area contributed by atoms with E-state index in [2.05, 4.69) is 5.32 Å². The van der Waals surface area contributed by atoms with Gasteiger partial charge in [-0.1, -0.05) is 48.5 Å². The Morgan fingerprint density at radius 2 is 1.79 bits per heavy atom. The molecular weight excluding hydrogens is 302 g/mol. The van der Waals surface area contributed by atoms with Gasteiger partial charge in [0.1, 0.15) is 11.4 Å². The number of carbonyl (C=O) groups is 1. The Kier molecular flexibility index (Phi) is 6.38. The number of para-hydroxylation sites is 1. The number of aryl methyl sites for hydroxylation is 1. The van der Waals surface area contributed by atoms with Crippen LogP contribution in [-0.4, -0.2) is 24.2 Å². The minimum atomic E-state index is -1.08. The maximum absolute atomic E-state index is 12.1. The number of hydrogen-bond donors (Lipinski definition) is 2. The van der Waals surface area contributed by atoms with Crippen molar-refractivity contribution in [2.24, 2.45) is 0 Å². The van der Waals surface area contributed by atoms with Gasteiger partial charge in [-0.3, -0.25) is 4.79 Å². The van der Waals surface area contributed by atoms with Crippen molar-refractivity contribution in [2.75, 3.05) is 13.2 Å². The highest BCUT2D eigenvalue weighted by atomic mass is 16.5. The first-order chi connectivity index (χ1) is 11.5. The first-order valence-corrected chi connectivity index (χ1v) is 8.28. The van der Waals surface area contributed by atoms with Crippen molar-refractivity contribution >= 4 is 5.91 Å². The molecule has 2 rings (SSSR count). The van der Waals surface area contributed by atoms with Crippen molar-refractivity contribution in [3.05, 3.63) is 65.7 Å². The van der Waals surface area contributed by atoms with Crippen LogP contribution in [0.1, 0.15) is 31.4 Å². The summed E-state index contributed by atoms with van der Waals surface area (Å²) < 4.78 is 5.57. The lowest BCUT2D eigenvalue weighted by Crippen LogP contribution is -2.38. The Morgan fingerprint density at radius 3 is 2.50 bits per heavy atom. The first-order valence-electron chi connectivity index (χ1n) is 8.28. The summed E-state index contributed by atoms with van der Waals surface area (Å²) in [5.74, 6) is 0.738. The third-order valence-electron chi connectivity index (χ3n) is 3.92. The Bertz CT molecular complexity index is 653. The molecule has 2 aromatic carbocycles. The van der Waals surface area contributed by atoms with Gasteiger partial charge >= 0.3 is 0 Å². The highest BCUT2D eigenvalue weighted by Crippen LogP contribution is 2.20. The fraction of sp³-hybridized carbons (Fsp3) is 0.350. The van der Waals surface area contributed by atoms with Crippen LogP contribution in [0, 0.1) is 0 Å². The van der Waals surface area contributed by atoms with Crippen molar-refractivity contribution in [2.45, 2.75) is 32.3 Å². The maximum atomic E-state index is 12.1. The maximum Gasteiger partial charge on any atom is 0.220 e. The first kappa shape index (κ1) is 18.0. The van der Waals surface area contributed by atoms with E-state index in [1.807, 2.05) is 61.5 Å². The largest absolute Gasteiger partial charge is 0.494 e. The van der Waals surface area contributed by atoms with Gasteiger partial charge in [0, 0.05) is 6.42 Å². The van der Waals surface area contributed by atoms with Crippen molar-refractivity contribution in [3.8, 4) is 5.75 Å². The molecule has 0 bridgehead atoms. The number of ether oxygens (including phenoxy) is 1. The van der Waals surface area contributed by atoms with Gasteiger partial charge < -0.3 is 15.2 Å².